The van der Waals surface area contributed by atoms with Crippen LogP contribution in [0.1, 0.15) is 32.6 Å². The van der Waals surface area contributed by atoms with Crippen molar-refractivity contribution in [1.82, 2.24) is 9.55 Å². The van der Waals surface area contributed by atoms with Crippen molar-refractivity contribution in [3.8, 4) is 0 Å². The van der Waals surface area contributed by atoms with Gasteiger partial charge in [0.25, 0.3) is 5.56 Å². The number of nitrogens with one attached hydrogen (secondary N) is 1. The topological polar surface area (TPSA) is 109 Å². The van der Waals surface area contributed by atoms with Crippen LogP contribution in [0.2, 0.25) is 18.1 Å². The first-order chi connectivity index (χ1) is 12.8. The molecule has 3 rings (SSSR count). The number of ether oxygens (including phenoxy) is 3. The van der Waals surface area contributed by atoms with Gasteiger partial charge in [0.2, 0.25) is 5.60 Å². The minimum Gasteiger partial charge on any atom is -0.467 e. The van der Waals surface area contributed by atoms with E-state index < -0.39 is 49.6 Å². The summed E-state index contributed by atoms with van der Waals surface area (Å²) in [7, 11) is -1.02. The zero-order valence-corrected chi connectivity index (χ0v) is 18.3. The Morgan fingerprint density at radius 1 is 1.36 bits per heavy atom. The van der Waals surface area contributed by atoms with E-state index in [2.05, 4.69) is 38.8 Å². The molecule has 0 radical (unpaired) electrons. The molecule has 2 fully saturated rings. The lowest BCUT2D eigenvalue weighted by molar-refractivity contribution is -0.201. The SMILES string of the molecule is COC(=O)[C@]12COC(C1O[Si](C)(C)C(C)(C)C)[C@H](n1cc(C)c(=O)[nH]c1=O)O2. The third kappa shape index (κ3) is 3.08. The summed E-state index contributed by atoms with van der Waals surface area (Å²) >= 11 is 0. The maximum Gasteiger partial charge on any atom is 0.343 e. The lowest BCUT2D eigenvalue weighted by Crippen LogP contribution is -2.55. The molecule has 1 N–H and O–H groups in total. The van der Waals surface area contributed by atoms with Gasteiger partial charge in [0.1, 0.15) is 12.2 Å². The number of rotatable bonds is 4. The van der Waals surface area contributed by atoms with E-state index in [1.54, 1.807) is 6.92 Å². The highest BCUT2D eigenvalue weighted by Gasteiger charge is 2.69. The second-order valence-corrected chi connectivity index (χ2v) is 13.7. The van der Waals surface area contributed by atoms with Crippen LogP contribution in [0.3, 0.4) is 0 Å². The second kappa shape index (κ2) is 6.65. The number of aryl methyl sites for hydroxylation is 1. The molecular weight excluding hydrogens is 384 g/mol. The zero-order chi connectivity index (χ0) is 21.1. The van der Waals surface area contributed by atoms with Crippen molar-refractivity contribution < 1.29 is 23.4 Å². The number of nitrogens with zero attached hydrogens (tertiary/aromatic N) is 1. The largest absolute Gasteiger partial charge is 0.467 e. The standard InChI is InChI=1S/C18H28N2O7Si/c1-10-8-20(16(23)19-13(10)21)14-11-12(27-28(6,7)17(2,3)4)18(26-14,9-25-11)15(22)24-5/h8,11-12,14H,9H2,1-7H3,(H,19,21,23)/t11?,12?,14-,18+/m1/s1. The lowest BCUT2D eigenvalue weighted by atomic mass is 9.99. The first-order valence-electron chi connectivity index (χ1n) is 9.22. The van der Waals surface area contributed by atoms with E-state index in [4.69, 9.17) is 18.6 Å². The third-order valence-electron chi connectivity index (χ3n) is 6.04. The van der Waals surface area contributed by atoms with Crippen molar-refractivity contribution in [2.75, 3.05) is 13.7 Å². The number of H-pyrrole nitrogens is 1. The van der Waals surface area contributed by atoms with Crippen LogP contribution in [0.15, 0.2) is 15.8 Å². The van der Waals surface area contributed by atoms with Gasteiger partial charge in [0.15, 0.2) is 14.5 Å². The quantitative estimate of drug-likeness (QED) is 0.582. The van der Waals surface area contributed by atoms with Crippen LogP contribution in [0.4, 0.5) is 0 Å². The molecule has 0 aromatic carbocycles. The van der Waals surface area contributed by atoms with Crippen LogP contribution in [-0.2, 0) is 23.4 Å². The number of fused-ring (bicyclic) bond motifs is 2. The Labute approximate surface area is 164 Å². The first-order valence-corrected chi connectivity index (χ1v) is 12.1. The molecule has 0 saturated carbocycles. The number of hydrogen-bond donors (Lipinski definition) is 1. The molecule has 0 amide bonds. The van der Waals surface area contributed by atoms with Gasteiger partial charge in [-0.1, -0.05) is 20.8 Å². The Balaban J connectivity index is 2.06. The van der Waals surface area contributed by atoms with E-state index in [0.717, 1.165) is 0 Å². The monoisotopic (exact) mass is 412 g/mol. The smallest absolute Gasteiger partial charge is 0.343 e. The van der Waals surface area contributed by atoms with Crippen molar-refractivity contribution in [2.24, 2.45) is 0 Å². The van der Waals surface area contributed by atoms with Crippen LogP contribution in [-0.4, -0.2) is 55.4 Å². The van der Waals surface area contributed by atoms with Crippen molar-refractivity contribution >= 4 is 14.3 Å². The summed E-state index contributed by atoms with van der Waals surface area (Å²) in [5.74, 6) is -0.601. The Morgan fingerprint density at radius 3 is 2.57 bits per heavy atom. The fourth-order valence-corrected chi connectivity index (χ4v) is 4.63. The maximum atomic E-state index is 12.7. The van der Waals surface area contributed by atoms with Crippen molar-refractivity contribution in [1.29, 1.82) is 0 Å². The number of aromatic amines is 1. The van der Waals surface area contributed by atoms with E-state index in [1.807, 2.05) is 0 Å². The van der Waals surface area contributed by atoms with Gasteiger partial charge in [-0.15, -0.1) is 0 Å². The number of carbonyl (C=O) groups excluding carboxylic acids is 1. The number of aromatic nitrogens is 2. The Morgan fingerprint density at radius 2 is 2.00 bits per heavy atom. The van der Waals surface area contributed by atoms with E-state index in [1.165, 1.54) is 17.9 Å². The molecule has 1 aromatic heterocycles. The van der Waals surface area contributed by atoms with Gasteiger partial charge in [-0.2, -0.15) is 0 Å². The van der Waals surface area contributed by atoms with E-state index in [0.29, 0.717) is 5.56 Å². The molecule has 0 spiro atoms. The van der Waals surface area contributed by atoms with Gasteiger partial charge >= 0.3 is 11.7 Å². The molecular formula is C18H28N2O7Si. The van der Waals surface area contributed by atoms with Crippen molar-refractivity contribution in [3.63, 3.8) is 0 Å². The van der Waals surface area contributed by atoms with Crippen LogP contribution in [0.25, 0.3) is 0 Å². The second-order valence-electron chi connectivity index (χ2n) is 8.94. The van der Waals surface area contributed by atoms with E-state index in [-0.39, 0.29) is 11.6 Å². The molecule has 28 heavy (non-hydrogen) atoms. The highest BCUT2D eigenvalue weighted by Crippen LogP contribution is 2.50. The summed E-state index contributed by atoms with van der Waals surface area (Å²) in [5.41, 5.74) is -2.21. The van der Waals surface area contributed by atoms with Gasteiger partial charge in [0, 0.05) is 11.8 Å². The normalized spacial score (nSPS) is 29.9. The number of hydrogen-bond acceptors (Lipinski definition) is 7. The lowest BCUT2D eigenvalue weighted by Gasteiger charge is -2.40. The highest BCUT2D eigenvalue weighted by molar-refractivity contribution is 6.74. The number of methoxy groups -OCH3 is 1. The van der Waals surface area contributed by atoms with Gasteiger partial charge in [-0.25, -0.2) is 9.59 Å². The fourth-order valence-electron chi connectivity index (χ4n) is 3.31. The van der Waals surface area contributed by atoms with Gasteiger partial charge in [-0.3, -0.25) is 14.3 Å². The van der Waals surface area contributed by atoms with E-state index >= 15 is 0 Å². The molecule has 2 bridgehead atoms. The third-order valence-corrected chi connectivity index (χ3v) is 10.5. The molecule has 10 heteroatoms. The number of carbonyl (C=O) groups is 1. The van der Waals surface area contributed by atoms with E-state index in [9.17, 15) is 14.4 Å². The molecule has 2 aliphatic heterocycles. The molecule has 1 aromatic rings. The summed E-state index contributed by atoms with van der Waals surface area (Å²) in [5, 5.41) is -0.104. The zero-order valence-electron chi connectivity index (χ0n) is 17.3. The average Bonchev–Trinajstić information content (AvgIpc) is 3.09. The Kier molecular flexibility index (Phi) is 4.98. The summed E-state index contributed by atoms with van der Waals surface area (Å²) in [6, 6.07) is 0. The summed E-state index contributed by atoms with van der Waals surface area (Å²) in [4.78, 5) is 39.0. The fraction of sp³-hybridized carbons (Fsp3) is 0.722. The molecule has 4 atom stereocenters. The molecule has 2 saturated heterocycles. The maximum absolute atomic E-state index is 12.7. The molecule has 156 valence electrons. The molecule has 9 nitrogen and oxygen atoms in total. The predicted molar refractivity (Wildman–Crippen MR) is 103 cm³/mol. The van der Waals surface area contributed by atoms with Crippen molar-refractivity contribution in [2.45, 2.75) is 69.9 Å². The average molecular weight is 413 g/mol. The van der Waals surface area contributed by atoms with Crippen molar-refractivity contribution in [3.05, 3.63) is 32.6 Å². The van der Waals surface area contributed by atoms with Crippen LogP contribution < -0.4 is 11.2 Å². The molecule has 2 aliphatic rings. The minimum atomic E-state index is -2.30. The summed E-state index contributed by atoms with van der Waals surface area (Å²) in [6.45, 7) is 12.0. The minimum absolute atomic E-state index is 0.0167. The van der Waals surface area contributed by atoms with Gasteiger partial charge in [0.05, 0.1) is 13.7 Å². The van der Waals surface area contributed by atoms with Gasteiger partial charge < -0.3 is 18.6 Å². The Bertz CT molecular complexity index is 900. The highest BCUT2D eigenvalue weighted by atomic mass is 28.4. The summed E-state index contributed by atoms with van der Waals surface area (Å²) < 4.78 is 24.7. The van der Waals surface area contributed by atoms with Gasteiger partial charge in [-0.05, 0) is 25.1 Å². The summed E-state index contributed by atoms with van der Waals surface area (Å²) in [6.07, 6.45) is -0.906. The molecule has 2 unspecified atom stereocenters. The van der Waals surface area contributed by atoms with Crippen LogP contribution in [0, 0.1) is 6.92 Å². The Hall–Kier alpha value is -1.75. The van der Waals surface area contributed by atoms with Crippen LogP contribution >= 0.6 is 0 Å². The number of esters is 1. The first kappa shape index (κ1) is 21.0. The molecule has 0 aliphatic carbocycles. The molecule has 3 heterocycles. The van der Waals surface area contributed by atoms with Crippen LogP contribution in [0.5, 0.6) is 0 Å². The predicted octanol–water partition coefficient (Wildman–Crippen LogP) is 1.07.